The zero-order valence-electron chi connectivity index (χ0n) is 17.5. The molecule has 0 radical (unpaired) electrons. The second kappa shape index (κ2) is 13.2. The molecule has 10 heteroatoms. The van der Waals surface area contributed by atoms with Gasteiger partial charge in [0.25, 0.3) is 0 Å². The SMILES string of the molecule is COCO[C@@H]([C@H](C)[C@H]1O[C@@]1(C)COB(P)S)[C@H](C=CCCCOC(C)=O)OC. The van der Waals surface area contributed by atoms with E-state index < -0.39 is 0 Å². The monoisotopic (exact) mass is 436 g/mol. The van der Waals surface area contributed by atoms with Crippen LogP contribution in [0.2, 0.25) is 0 Å². The van der Waals surface area contributed by atoms with Crippen molar-refractivity contribution in [1.29, 1.82) is 0 Å². The molecule has 0 aromatic heterocycles. The minimum atomic E-state index is -0.363. The molecule has 0 N–H and O–H groups in total. The van der Waals surface area contributed by atoms with Crippen LogP contribution >= 0.6 is 21.6 Å². The fourth-order valence-electron chi connectivity index (χ4n) is 3.12. The third-order valence-corrected chi connectivity index (χ3v) is 4.94. The first-order valence-corrected chi connectivity index (χ1v) is 10.6. The lowest BCUT2D eigenvalue weighted by atomic mass is 9.90. The highest BCUT2D eigenvalue weighted by Gasteiger charge is 2.57. The number of hydrogen-bond donors (Lipinski definition) is 1. The van der Waals surface area contributed by atoms with Gasteiger partial charge in [-0.05, 0) is 19.8 Å². The van der Waals surface area contributed by atoms with Crippen LogP contribution in [0.15, 0.2) is 12.2 Å². The molecule has 0 saturated carbocycles. The van der Waals surface area contributed by atoms with Gasteiger partial charge in [0.05, 0.1) is 25.4 Å². The molecule has 0 bridgehead atoms. The molecule has 6 atom stereocenters. The van der Waals surface area contributed by atoms with Crippen molar-refractivity contribution in [2.75, 3.05) is 34.2 Å². The Hall–Kier alpha value is -0.145. The molecule has 0 aromatic carbocycles. The van der Waals surface area contributed by atoms with Gasteiger partial charge in [-0.2, -0.15) is 12.5 Å². The average Bonchev–Trinajstić information content (AvgIpc) is 3.32. The normalized spacial score (nSPS) is 24.8. The summed E-state index contributed by atoms with van der Waals surface area (Å²) in [6.07, 6.45) is 5.02. The largest absolute Gasteiger partial charge is 0.466 e. The molecular formula is C18H34BO7PS. The molecule has 0 amide bonds. The van der Waals surface area contributed by atoms with Crippen LogP contribution in [0.1, 0.15) is 33.6 Å². The van der Waals surface area contributed by atoms with Gasteiger partial charge < -0.3 is 28.3 Å². The molecule has 7 nitrogen and oxygen atoms in total. The zero-order chi connectivity index (χ0) is 21.2. The van der Waals surface area contributed by atoms with Gasteiger partial charge in [0.1, 0.15) is 18.5 Å². The van der Waals surface area contributed by atoms with E-state index in [0.29, 0.717) is 13.2 Å². The highest BCUT2D eigenvalue weighted by Crippen LogP contribution is 2.44. The van der Waals surface area contributed by atoms with Gasteiger partial charge in [-0.15, -0.1) is 9.12 Å². The Morgan fingerprint density at radius 1 is 1.43 bits per heavy atom. The number of carbonyl (C=O) groups excluding carboxylic acids is 1. The third kappa shape index (κ3) is 9.12. The molecule has 0 aliphatic carbocycles. The van der Waals surface area contributed by atoms with Crippen LogP contribution in [0.3, 0.4) is 0 Å². The van der Waals surface area contributed by atoms with Crippen molar-refractivity contribution in [3.63, 3.8) is 0 Å². The molecule has 1 aliphatic heterocycles. The summed E-state index contributed by atoms with van der Waals surface area (Å²) in [4.78, 5) is 10.8. The maximum absolute atomic E-state index is 10.8. The van der Waals surface area contributed by atoms with Crippen molar-refractivity contribution in [3.05, 3.63) is 12.2 Å². The maximum atomic E-state index is 10.8. The van der Waals surface area contributed by atoms with E-state index >= 15 is 0 Å². The van der Waals surface area contributed by atoms with Crippen LogP contribution < -0.4 is 0 Å². The van der Waals surface area contributed by atoms with E-state index in [0.717, 1.165) is 12.8 Å². The first-order chi connectivity index (χ1) is 13.2. The molecule has 1 saturated heterocycles. The average molecular weight is 436 g/mol. The molecule has 162 valence electrons. The standard InChI is InChI=1S/C18H34BO7PS/c1-13(17-18(3,26-17)11-25-19(27)28)16(24-12-21-4)15(22-5)9-7-6-8-10-23-14(2)20/h7,9,13,15-17,28H,6,8,10-12,27H2,1-5H3/t13-,15-,16-,17+,18-/m0/s1. The van der Waals surface area contributed by atoms with Crippen molar-refractivity contribution in [2.24, 2.45) is 5.92 Å². The highest BCUT2D eigenvalue weighted by atomic mass is 32.1. The topological polar surface area (TPSA) is 75.8 Å². The van der Waals surface area contributed by atoms with E-state index in [2.05, 4.69) is 28.5 Å². The third-order valence-electron chi connectivity index (χ3n) is 4.60. The van der Waals surface area contributed by atoms with Crippen LogP contribution in [-0.4, -0.2) is 70.0 Å². The van der Waals surface area contributed by atoms with Crippen LogP contribution in [0.25, 0.3) is 0 Å². The molecule has 1 heterocycles. The number of unbranched alkanes of at least 4 members (excludes halogenated alkanes) is 1. The van der Waals surface area contributed by atoms with Gasteiger partial charge >= 0.3 is 11.9 Å². The van der Waals surface area contributed by atoms with Crippen molar-refractivity contribution >= 4 is 33.5 Å². The smallest absolute Gasteiger partial charge is 0.380 e. The molecule has 0 spiro atoms. The Morgan fingerprint density at radius 2 is 2.14 bits per heavy atom. The maximum Gasteiger partial charge on any atom is 0.380 e. The molecule has 1 aliphatic rings. The second-order valence-electron chi connectivity index (χ2n) is 7.06. The van der Waals surface area contributed by atoms with Crippen LogP contribution in [0.4, 0.5) is 0 Å². The first-order valence-electron chi connectivity index (χ1n) is 9.41. The van der Waals surface area contributed by atoms with Crippen molar-refractivity contribution in [3.8, 4) is 0 Å². The highest BCUT2D eigenvalue weighted by molar-refractivity contribution is 8.23. The summed E-state index contributed by atoms with van der Waals surface area (Å²) < 4.78 is 33.1. The van der Waals surface area contributed by atoms with E-state index in [1.165, 1.54) is 6.92 Å². The van der Waals surface area contributed by atoms with Gasteiger partial charge in [-0.3, -0.25) is 4.79 Å². The quantitative estimate of drug-likeness (QED) is 0.0618. The lowest BCUT2D eigenvalue weighted by Crippen LogP contribution is -2.40. The molecule has 1 fully saturated rings. The van der Waals surface area contributed by atoms with Gasteiger partial charge in [-0.25, -0.2) is 0 Å². The number of allylic oxidation sites excluding steroid dienone is 1. The Morgan fingerprint density at radius 3 is 2.71 bits per heavy atom. The lowest BCUT2D eigenvalue weighted by molar-refractivity contribution is -0.141. The number of methoxy groups -OCH3 is 2. The number of ether oxygens (including phenoxy) is 5. The summed E-state index contributed by atoms with van der Waals surface area (Å²) in [5.74, 6) is -0.426. The Labute approximate surface area is 176 Å². The van der Waals surface area contributed by atoms with E-state index in [4.69, 9.17) is 28.3 Å². The predicted molar refractivity (Wildman–Crippen MR) is 115 cm³/mol. The van der Waals surface area contributed by atoms with E-state index in [1.807, 2.05) is 19.1 Å². The summed E-state index contributed by atoms with van der Waals surface area (Å²) in [5, 5.41) is 0. The van der Waals surface area contributed by atoms with E-state index in [1.54, 1.807) is 14.2 Å². The Bertz CT molecular complexity index is 497. The number of epoxide rings is 1. The van der Waals surface area contributed by atoms with Gasteiger partial charge in [0.15, 0.2) is 0 Å². The summed E-state index contributed by atoms with van der Waals surface area (Å²) >= 11 is 4.21. The fraction of sp³-hybridized carbons (Fsp3) is 0.833. The fourth-order valence-corrected chi connectivity index (χ4v) is 3.29. The molecule has 0 aromatic rings. The van der Waals surface area contributed by atoms with Crippen LogP contribution in [0, 0.1) is 5.92 Å². The number of esters is 1. The van der Waals surface area contributed by atoms with Crippen molar-refractivity contribution < 1.29 is 33.1 Å². The van der Waals surface area contributed by atoms with Gasteiger partial charge in [-0.1, -0.05) is 19.1 Å². The summed E-state index contributed by atoms with van der Waals surface area (Å²) in [6.45, 7) is 6.54. The van der Waals surface area contributed by atoms with E-state index in [-0.39, 0.29) is 48.5 Å². The number of hydrogen-bond acceptors (Lipinski definition) is 8. The summed E-state index contributed by atoms with van der Waals surface area (Å²) in [5.41, 5.74) is -0.363. The van der Waals surface area contributed by atoms with Crippen LogP contribution in [0.5, 0.6) is 0 Å². The van der Waals surface area contributed by atoms with Crippen LogP contribution in [-0.2, 0) is 33.1 Å². The number of carbonyl (C=O) groups is 1. The minimum absolute atomic E-state index is 0.0125. The first kappa shape index (κ1) is 25.9. The summed E-state index contributed by atoms with van der Waals surface area (Å²) in [7, 11) is 5.73. The second-order valence-corrected chi connectivity index (χ2v) is 8.74. The summed E-state index contributed by atoms with van der Waals surface area (Å²) in [6, 6.07) is 0. The van der Waals surface area contributed by atoms with Crippen molar-refractivity contribution in [1.82, 2.24) is 0 Å². The zero-order valence-corrected chi connectivity index (χ0v) is 19.5. The molecule has 1 rings (SSSR count). The Balaban J connectivity index is 2.64. The van der Waals surface area contributed by atoms with E-state index in [9.17, 15) is 4.79 Å². The molecular weight excluding hydrogens is 402 g/mol. The lowest BCUT2D eigenvalue weighted by Gasteiger charge is -2.29. The van der Waals surface area contributed by atoms with Gasteiger partial charge in [0.2, 0.25) is 0 Å². The number of rotatable bonds is 15. The van der Waals surface area contributed by atoms with Crippen molar-refractivity contribution in [2.45, 2.75) is 57.5 Å². The Kier molecular flexibility index (Phi) is 12.2. The molecule has 28 heavy (non-hydrogen) atoms. The number of thiol groups is 1. The molecule has 1 unspecified atom stereocenters. The van der Waals surface area contributed by atoms with Gasteiger partial charge in [0, 0.05) is 27.1 Å². The minimum Gasteiger partial charge on any atom is -0.466 e. The predicted octanol–water partition coefficient (Wildman–Crippen LogP) is 2.49.